The first kappa shape index (κ1) is 12.7. The molecular weight excluding hydrogens is 208 g/mol. The van der Waals surface area contributed by atoms with Crippen LogP contribution in [0.3, 0.4) is 0 Å². The average Bonchev–Trinajstić information content (AvgIpc) is 2.29. The van der Waals surface area contributed by atoms with Crippen molar-refractivity contribution in [3.8, 4) is 0 Å². The Bertz CT molecular complexity index is 287. The molecule has 16 heavy (non-hydrogen) atoms. The lowest BCUT2D eigenvalue weighted by Crippen LogP contribution is -2.45. The number of aliphatic carboxylic acids is 1. The number of nitrogens with one attached hydrogen (secondary N) is 2. The molecule has 3 N–H and O–H groups in total. The fraction of sp³-hybridized carbons (Fsp3) is 0.545. The van der Waals surface area contributed by atoms with Crippen LogP contribution in [0.1, 0.15) is 13.3 Å². The third-order valence-electron chi connectivity index (χ3n) is 2.21. The summed E-state index contributed by atoms with van der Waals surface area (Å²) >= 11 is 0. The summed E-state index contributed by atoms with van der Waals surface area (Å²) in [6.07, 6.45) is 5.56. The second kappa shape index (κ2) is 7.03. The Labute approximate surface area is 95.2 Å². The number of rotatable bonds is 7. The summed E-state index contributed by atoms with van der Waals surface area (Å²) in [5.74, 6) is -0.904. The lowest BCUT2D eigenvalue weighted by molar-refractivity contribution is -0.133. The van der Waals surface area contributed by atoms with Crippen molar-refractivity contribution >= 4 is 5.97 Å². The summed E-state index contributed by atoms with van der Waals surface area (Å²) in [7, 11) is 0. The van der Waals surface area contributed by atoms with Gasteiger partial charge in [-0.15, -0.1) is 0 Å². The van der Waals surface area contributed by atoms with Crippen LogP contribution in [-0.2, 0) is 9.53 Å². The predicted molar refractivity (Wildman–Crippen MR) is 60.9 cm³/mol. The predicted octanol–water partition coefficient (Wildman–Crippen LogP) is 0.457. The Kier molecular flexibility index (Phi) is 5.60. The molecule has 0 bridgehead atoms. The smallest absolute Gasteiger partial charge is 0.335 e. The first-order valence-electron chi connectivity index (χ1n) is 5.43. The molecule has 1 atom stereocenters. The molecule has 0 aromatic carbocycles. The normalized spacial score (nSPS) is 19.1. The van der Waals surface area contributed by atoms with Gasteiger partial charge in [-0.05, 0) is 38.2 Å². The standard InChI is InChI=1S/C11H18N2O3/c1-2-16-8-4-7-13-10-9(11(14)15)5-3-6-12-10/h3,5-6,10,12-13H,2,4,7-8H2,1H3,(H,14,15). The zero-order valence-corrected chi connectivity index (χ0v) is 9.40. The topological polar surface area (TPSA) is 70.6 Å². The second-order valence-corrected chi connectivity index (χ2v) is 3.39. The number of hydrogen-bond donors (Lipinski definition) is 3. The number of ether oxygens (including phenoxy) is 1. The van der Waals surface area contributed by atoms with Crippen LogP contribution in [0.4, 0.5) is 0 Å². The Balaban J connectivity index is 2.28. The molecule has 5 nitrogen and oxygen atoms in total. The van der Waals surface area contributed by atoms with Crippen LogP contribution in [0.25, 0.3) is 0 Å². The molecule has 1 unspecified atom stereocenters. The summed E-state index contributed by atoms with van der Waals surface area (Å²) in [5.41, 5.74) is 0.332. The highest BCUT2D eigenvalue weighted by Gasteiger charge is 2.19. The van der Waals surface area contributed by atoms with E-state index in [1.54, 1.807) is 18.4 Å². The lowest BCUT2D eigenvalue weighted by Gasteiger charge is -2.21. The van der Waals surface area contributed by atoms with Gasteiger partial charge >= 0.3 is 5.97 Å². The maximum absolute atomic E-state index is 10.9. The van der Waals surface area contributed by atoms with Gasteiger partial charge < -0.3 is 15.2 Å². The van der Waals surface area contributed by atoms with Crippen molar-refractivity contribution in [2.24, 2.45) is 0 Å². The number of carboxylic acid groups (broad SMARTS) is 1. The maximum Gasteiger partial charge on any atom is 0.335 e. The second-order valence-electron chi connectivity index (χ2n) is 3.39. The van der Waals surface area contributed by atoms with Crippen LogP contribution >= 0.6 is 0 Å². The third-order valence-corrected chi connectivity index (χ3v) is 2.21. The first-order chi connectivity index (χ1) is 7.75. The van der Waals surface area contributed by atoms with Gasteiger partial charge in [0.1, 0.15) is 6.17 Å². The molecule has 5 heteroatoms. The molecule has 0 saturated heterocycles. The molecular formula is C11H18N2O3. The highest BCUT2D eigenvalue weighted by atomic mass is 16.5. The summed E-state index contributed by atoms with van der Waals surface area (Å²) in [6.45, 7) is 4.07. The largest absolute Gasteiger partial charge is 0.478 e. The Morgan fingerprint density at radius 2 is 2.50 bits per heavy atom. The molecule has 1 aliphatic rings. The van der Waals surface area contributed by atoms with Crippen molar-refractivity contribution in [1.29, 1.82) is 0 Å². The summed E-state index contributed by atoms with van der Waals surface area (Å²) < 4.78 is 5.19. The Morgan fingerprint density at radius 3 is 3.19 bits per heavy atom. The zero-order chi connectivity index (χ0) is 11.8. The van der Waals surface area contributed by atoms with E-state index in [-0.39, 0.29) is 6.17 Å². The van der Waals surface area contributed by atoms with E-state index in [0.29, 0.717) is 18.8 Å². The summed E-state index contributed by atoms with van der Waals surface area (Å²) in [4.78, 5) is 10.9. The molecule has 0 fully saturated rings. The monoisotopic (exact) mass is 226 g/mol. The van der Waals surface area contributed by atoms with Gasteiger partial charge in [-0.25, -0.2) is 4.79 Å². The number of allylic oxidation sites excluding steroid dienone is 2. The SMILES string of the molecule is CCOCCCNC1NC=CC=C1C(=O)O. The van der Waals surface area contributed by atoms with E-state index in [9.17, 15) is 4.79 Å². The molecule has 0 aromatic rings. The number of carbonyl (C=O) groups is 1. The number of dihydropyridines is 1. The van der Waals surface area contributed by atoms with Gasteiger partial charge in [-0.3, -0.25) is 5.32 Å². The molecule has 0 aliphatic carbocycles. The quantitative estimate of drug-likeness (QED) is 0.550. The van der Waals surface area contributed by atoms with Crippen molar-refractivity contribution in [3.63, 3.8) is 0 Å². The molecule has 1 rings (SSSR count). The average molecular weight is 226 g/mol. The van der Waals surface area contributed by atoms with E-state index < -0.39 is 5.97 Å². The van der Waals surface area contributed by atoms with Crippen LogP contribution in [-0.4, -0.2) is 37.0 Å². The molecule has 0 saturated carbocycles. The molecule has 1 aliphatic heterocycles. The summed E-state index contributed by atoms with van der Waals surface area (Å²) in [6, 6.07) is 0. The van der Waals surface area contributed by atoms with Gasteiger partial charge in [0.2, 0.25) is 0 Å². The first-order valence-corrected chi connectivity index (χ1v) is 5.43. The fourth-order valence-electron chi connectivity index (χ4n) is 1.42. The van der Waals surface area contributed by atoms with Crippen molar-refractivity contribution in [2.75, 3.05) is 19.8 Å². The van der Waals surface area contributed by atoms with Crippen LogP contribution < -0.4 is 10.6 Å². The Morgan fingerprint density at radius 1 is 1.69 bits per heavy atom. The number of carboxylic acids is 1. The number of hydrogen-bond acceptors (Lipinski definition) is 4. The van der Waals surface area contributed by atoms with Gasteiger partial charge in [-0.1, -0.05) is 0 Å². The molecule has 0 aromatic heterocycles. The van der Waals surface area contributed by atoms with Gasteiger partial charge in [0.25, 0.3) is 0 Å². The van der Waals surface area contributed by atoms with Gasteiger partial charge in [0.15, 0.2) is 0 Å². The van der Waals surface area contributed by atoms with E-state index in [0.717, 1.165) is 13.0 Å². The lowest BCUT2D eigenvalue weighted by atomic mass is 10.1. The van der Waals surface area contributed by atoms with Gasteiger partial charge in [0, 0.05) is 13.2 Å². The fourth-order valence-corrected chi connectivity index (χ4v) is 1.42. The highest BCUT2D eigenvalue weighted by molar-refractivity contribution is 5.88. The molecule has 0 radical (unpaired) electrons. The van der Waals surface area contributed by atoms with Crippen molar-refractivity contribution in [2.45, 2.75) is 19.5 Å². The van der Waals surface area contributed by atoms with Gasteiger partial charge in [0.05, 0.1) is 5.57 Å². The summed E-state index contributed by atoms with van der Waals surface area (Å²) in [5, 5.41) is 15.0. The van der Waals surface area contributed by atoms with Crippen LogP contribution in [0.2, 0.25) is 0 Å². The molecule has 1 heterocycles. The van der Waals surface area contributed by atoms with Crippen molar-refractivity contribution in [3.05, 3.63) is 23.9 Å². The van der Waals surface area contributed by atoms with E-state index >= 15 is 0 Å². The van der Waals surface area contributed by atoms with E-state index in [1.165, 1.54) is 0 Å². The van der Waals surface area contributed by atoms with Gasteiger partial charge in [-0.2, -0.15) is 0 Å². The van der Waals surface area contributed by atoms with E-state index in [2.05, 4.69) is 10.6 Å². The van der Waals surface area contributed by atoms with E-state index in [4.69, 9.17) is 9.84 Å². The third kappa shape index (κ3) is 4.04. The zero-order valence-electron chi connectivity index (χ0n) is 9.40. The minimum Gasteiger partial charge on any atom is -0.478 e. The maximum atomic E-state index is 10.9. The Hall–Kier alpha value is -1.33. The minimum absolute atomic E-state index is 0.316. The molecule has 90 valence electrons. The van der Waals surface area contributed by atoms with Crippen LogP contribution in [0, 0.1) is 0 Å². The van der Waals surface area contributed by atoms with Crippen LogP contribution in [0.15, 0.2) is 23.9 Å². The molecule has 0 amide bonds. The molecule has 0 spiro atoms. The van der Waals surface area contributed by atoms with Crippen molar-refractivity contribution < 1.29 is 14.6 Å². The van der Waals surface area contributed by atoms with Crippen molar-refractivity contribution in [1.82, 2.24) is 10.6 Å². The van der Waals surface area contributed by atoms with Crippen LogP contribution in [0.5, 0.6) is 0 Å². The highest BCUT2D eigenvalue weighted by Crippen LogP contribution is 2.05. The minimum atomic E-state index is -0.904. The van der Waals surface area contributed by atoms with E-state index in [1.807, 2.05) is 6.92 Å².